The summed E-state index contributed by atoms with van der Waals surface area (Å²) in [7, 11) is 0. The zero-order chi connectivity index (χ0) is 28.6. The van der Waals surface area contributed by atoms with E-state index < -0.39 is 70.7 Å². The van der Waals surface area contributed by atoms with Crippen molar-refractivity contribution < 1.29 is 49.4 Å². The van der Waals surface area contributed by atoms with Crippen LogP contribution in [0.15, 0.2) is 42.5 Å². The van der Waals surface area contributed by atoms with Crippen molar-refractivity contribution in [1.82, 2.24) is 4.90 Å². The lowest BCUT2D eigenvalue weighted by Gasteiger charge is -2.45. The van der Waals surface area contributed by atoms with Gasteiger partial charge in [-0.05, 0) is 80.1 Å². The first-order valence-electron chi connectivity index (χ1n) is 11.9. The van der Waals surface area contributed by atoms with Gasteiger partial charge in [0, 0.05) is 12.1 Å². The molecule has 0 saturated carbocycles. The number of halogens is 9. The number of carboxylic acids is 1. The van der Waals surface area contributed by atoms with Crippen LogP contribution < -0.4 is 0 Å². The fraction of sp³-hybridized carbons (Fsp3) is 0.500. The van der Waals surface area contributed by atoms with E-state index in [9.17, 15) is 49.4 Å². The second kappa shape index (κ2) is 10.8. The molecule has 0 aliphatic carbocycles. The fourth-order valence-corrected chi connectivity index (χ4v) is 5.29. The predicted molar refractivity (Wildman–Crippen MR) is 120 cm³/mol. The number of alkyl halides is 9. The molecule has 4 atom stereocenters. The maximum absolute atomic E-state index is 13.8. The molecule has 2 aromatic rings. The Morgan fingerprint density at radius 1 is 0.921 bits per heavy atom. The molecule has 0 radical (unpaired) electrons. The van der Waals surface area contributed by atoms with E-state index in [4.69, 9.17) is 0 Å². The van der Waals surface area contributed by atoms with Crippen LogP contribution in [0.3, 0.4) is 0 Å². The van der Waals surface area contributed by atoms with Crippen molar-refractivity contribution in [2.75, 3.05) is 6.54 Å². The van der Waals surface area contributed by atoms with Gasteiger partial charge in [0.15, 0.2) is 0 Å². The summed E-state index contributed by atoms with van der Waals surface area (Å²) in [6.45, 7) is 3.02. The van der Waals surface area contributed by atoms with E-state index in [0.717, 1.165) is 12.1 Å². The first kappa shape index (κ1) is 29.8. The molecule has 1 fully saturated rings. The lowest BCUT2D eigenvalue weighted by atomic mass is 9.77. The van der Waals surface area contributed by atoms with Crippen LogP contribution in [0.25, 0.3) is 0 Å². The van der Waals surface area contributed by atoms with E-state index in [1.807, 2.05) is 0 Å². The molecule has 1 heterocycles. The van der Waals surface area contributed by atoms with Crippen molar-refractivity contribution in [2.45, 2.75) is 63.7 Å². The number of piperidine rings is 1. The zero-order valence-corrected chi connectivity index (χ0v) is 20.4. The number of benzene rings is 2. The molecule has 1 N–H and O–H groups in total. The highest BCUT2D eigenvalue weighted by atomic mass is 19.4. The summed E-state index contributed by atoms with van der Waals surface area (Å²) in [5, 5.41) is 9.62. The van der Waals surface area contributed by atoms with Crippen LogP contribution >= 0.6 is 0 Å². The predicted octanol–water partition coefficient (Wildman–Crippen LogP) is 8.37. The summed E-state index contributed by atoms with van der Waals surface area (Å²) in [4.78, 5) is 13.3. The van der Waals surface area contributed by atoms with Crippen molar-refractivity contribution in [3.8, 4) is 0 Å². The molecule has 2 aromatic carbocycles. The quantitative estimate of drug-likeness (QED) is 0.364. The van der Waals surface area contributed by atoms with Gasteiger partial charge in [-0.25, -0.2) is 0 Å². The van der Waals surface area contributed by atoms with E-state index in [0.29, 0.717) is 23.8 Å². The molecule has 0 amide bonds. The Morgan fingerprint density at radius 2 is 1.47 bits per heavy atom. The van der Waals surface area contributed by atoms with Gasteiger partial charge in [-0.15, -0.1) is 0 Å². The van der Waals surface area contributed by atoms with Crippen LogP contribution in [0.5, 0.6) is 0 Å². The van der Waals surface area contributed by atoms with Gasteiger partial charge in [-0.2, -0.15) is 39.5 Å². The van der Waals surface area contributed by atoms with Gasteiger partial charge in [0.05, 0.1) is 22.6 Å². The highest BCUT2D eigenvalue weighted by molar-refractivity contribution is 5.70. The molecule has 1 aliphatic heterocycles. The Balaban J connectivity index is 2.10. The SMILES string of the molecule is CCC(C(=O)O)C1CCN(C(C)c2cc(C(F)(F)F)ccc2C(F)(F)F)C(c2ccc(C(F)(F)F)cc2)C1. The van der Waals surface area contributed by atoms with Gasteiger partial charge >= 0.3 is 24.5 Å². The van der Waals surface area contributed by atoms with Crippen molar-refractivity contribution in [3.05, 3.63) is 70.3 Å². The number of hydrogen-bond acceptors (Lipinski definition) is 2. The highest BCUT2D eigenvalue weighted by Crippen LogP contribution is 2.46. The van der Waals surface area contributed by atoms with E-state index in [1.54, 1.807) is 6.92 Å². The third-order valence-corrected chi connectivity index (χ3v) is 7.27. The molecular weight excluding hydrogens is 529 g/mol. The molecule has 0 bridgehead atoms. The summed E-state index contributed by atoms with van der Waals surface area (Å²) in [6, 6.07) is 3.15. The minimum atomic E-state index is -4.95. The number of rotatable bonds is 6. The van der Waals surface area contributed by atoms with Crippen LogP contribution in [0.2, 0.25) is 0 Å². The molecule has 0 aromatic heterocycles. The van der Waals surface area contributed by atoms with Crippen molar-refractivity contribution in [1.29, 1.82) is 0 Å². The topological polar surface area (TPSA) is 40.5 Å². The van der Waals surface area contributed by atoms with Crippen LogP contribution in [0, 0.1) is 11.8 Å². The normalized spacial score (nSPS) is 21.2. The second-order valence-electron chi connectivity index (χ2n) is 9.48. The van der Waals surface area contributed by atoms with E-state index in [-0.39, 0.29) is 25.8 Å². The van der Waals surface area contributed by atoms with E-state index in [2.05, 4.69) is 0 Å². The lowest BCUT2D eigenvalue weighted by molar-refractivity contribution is -0.145. The van der Waals surface area contributed by atoms with Crippen molar-refractivity contribution in [2.24, 2.45) is 11.8 Å². The standard InChI is InChI=1S/C26H26F9NO2/c1-3-19(23(37)38)16-10-11-36(22(12-16)15-4-6-17(7-5-15)24(27,28)29)14(2)20-13-18(25(30,31)32)8-9-21(20)26(33,34)35/h4-9,13-14,16,19,22H,3,10-12H2,1-2H3,(H,37,38). The maximum atomic E-state index is 13.8. The average molecular weight is 555 g/mol. The molecule has 4 unspecified atom stereocenters. The minimum absolute atomic E-state index is 0.0366. The van der Waals surface area contributed by atoms with Gasteiger partial charge in [0.25, 0.3) is 0 Å². The van der Waals surface area contributed by atoms with Crippen LogP contribution in [-0.2, 0) is 23.3 Å². The molecule has 1 aliphatic rings. The fourth-order valence-electron chi connectivity index (χ4n) is 5.29. The molecule has 38 heavy (non-hydrogen) atoms. The molecule has 1 saturated heterocycles. The van der Waals surface area contributed by atoms with Crippen molar-refractivity contribution >= 4 is 5.97 Å². The Labute approximate surface area is 213 Å². The van der Waals surface area contributed by atoms with Crippen LogP contribution in [0.4, 0.5) is 39.5 Å². The summed E-state index contributed by atoms with van der Waals surface area (Å²) >= 11 is 0. The molecular formula is C26H26F9NO2. The number of likely N-dealkylation sites (tertiary alicyclic amines) is 1. The third kappa shape index (κ3) is 6.44. The first-order valence-corrected chi connectivity index (χ1v) is 11.9. The van der Waals surface area contributed by atoms with Crippen molar-refractivity contribution in [3.63, 3.8) is 0 Å². The maximum Gasteiger partial charge on any atom is 0.416 e. The summed E-state index contributed by atoms with van der Waals surface area (Å²) in [5.74, 6) is -2.29. The molecule has 3 rings (SSSR count). The van der Waals surface area contributed by atoms with E-state index in [1.165, 1.54) is 24.0 Å². The summed E-state index contributed by atoms with van der Waals surface area (Å²) < 4.78 is 121. The number of carbonyl (C=O) groups is 1. The number of aliphatic carboxylic acids is 1. The Morgan fingerprint density at radius 3 is 1.95 bits per heavy atom. The van der Waals surface area contributed by atoms with Gasteiger partial charge in [0.2, 0.25) is 0 Å². The third-order valence-electron chi connectivity index (χ3n) is 7.27. The number of carboxylic acid groups (broad SMARTS) is 1. The molecule has 12 heteroatoms. The first-order chi connectivity index (χ1) is 17.4. The molecule has 210 valence electrons. The molecule has 0 spiro atoms. The highest BCUT2D eigenvalue weighted by Gasteiger charge is 2.42. The zero-order valence-electron chi connectivity index (χ0n) is 20.4. The lowest BCUT2D eigenvalue weighted by Crippen LogP contribution is -2.42. The average Bonchev–Trinajstić information content (AvgIpc) is 2.82. The van der Waals surface area contributed by atoms with Gasteiger partial charge < -0.3 is 5.11 Å². The minimum Gasteiger partial charge on any atom is -0.481 e. The van der Waals surface area contributed by atoms with Gasteiger partial charge in [-0.3, -0.25) is 9.69 Å². The number of hydrogen-bond donors (Lipinski definition) is 1. The Kier molecular flexibility index (Phi) is 8.45. The monoisotopic (exact) mass is 555 g/mol. The van der Waals surface area contributed by atoms with Gasteiger partial charge in [0.1, 0.15) is 0 Å². The van der Waals surface area contributed by atoms with Gasteiger partial charge in [-0.1, -0.05) is 19.1 Å². The van der Waals surface area contributed by atoms with Crippen LogP contribution in [-0.4, -0.2) is 22.5 Å². The van der Waals surface area contributed by atoms with Crippen LogP contribution in [0.1, 0.15) is 73.0 Å². The second-order valence-corrected chi connectivity index (χ2v) is 9.48. The summed E-state index contributed by atoms with van der Waals surface area (Å²) in [6.07, 6.45) is -13.9. The largest absolute Gasteiger partial charge is 0.481 e. The number of nitrogens with zero attached hydrogens (tertiary/aromatic N) is 1. The Bertz CT molecular complexity index is 1120. The smallest absolute Gasteiger partial charge is 0.416 e. The summed E-state index contributed by atoms with van der Waals surface area (Å²) in [5.41, 5.74) is -3.76. The molecule has 3 nitrogen and oxygen atoms in total. The Hall–Kier alpha value is -2.76. The van der Waals surface area contributed by atoms with E-state index >= 15 is 0 Å².